The number of carbonyl (C=O) groups is 1. The number of carboxylic acids is 1. The number of aryl methyl sites for hydroxylation is 1. The van der Waals surface area contributed by atoms with E-state index < -0.39 is 5.97 Å². The largest absolute Gasteiger partial charge is 0.477 e. The molecule has 0 spiro atoms. The Hall–Kier alpha value is -1.22. The third-order valence-corrected chi connectivity index (χ3v) is 4.59. The molecule has 2 rings (SSSR count). The zero-order valence-corrected chi connectivity index (χ0v) is 13.6. The zero-order chi connectivity index (χ0) is 14.0. The van der Waals surface area contributed by atoms with Crippen LogP contribution in [0.15, 0.2) is 28.7 Å². The van der Waals surface area contributed by atoms with Gasteiger partial charge in [-0.1, -0.05) is 0 Å². The van der Waals surface area contributed by atoms with Gasteiger partial charge in [-0.25, -0.2) is 14.8 Å². The fourth-order valence-electron chi connectivity index (χ4n) is 1.44. The number of benzene rings is 1. The van der Waals surface area contributed by atoms with E-state index in [1.54, 1.807) is 6.92 Å². The fraction of sp³-hybridized carbons (Fsp3) is 0.0833. The smallest absolute Gasteiger partial charge is 0.354 e. The lowest BCUT2D eigenvalue weighted by Crippen LogP contribution is -2.06. The van der Waals surface area contributed by atoms with Gasteiger partial charge in [-0.05, 0) is 69.7 Å². The van der Waals surface area contributed by atoms with E-state index in [2.05, 4.69) is 53.8 Å². The van der Waals surface area contributed by atoms with E-state index in [1.807, 2.05) is 18.2 Å². The molecule has 98 valence electrons. The summed E-state index contributed by atoms with van der Waals surface area (Å²) in [6, 6.07) is 7.12. The highest BCUT2D eigenvalue weighted by Gasteiger charge is 2.09. The van der Waals surface area contributed by atoms with Gasteiger partial charge in [-0.15, -0.1) is 0 Å². The average molecular weight is 434 g/mol. The van der Waals surface area contributed by atoms with E-state index in [-0.39, 0.29) is 11.6 Å². The number of aromatic nitrogens is 2. The number of nitrogens with one attached hydrogen (secondary N) is 1. The lowest BCUT2D eigenvalue weighted by Gasteiger charge is -2.07. The highest BCUT2D eigenvalue weighted by atomic mass is 127. The Morgan fingerprint density at radius 2 is 2.11 bits per heavy atom. The summed E-state index contributed by atoms with van der Waals surface area (Å²) in [5.74, 6) is -0.803. The Morgan fingerprint density at radius 1 is 1.37 bits per heavy atom. The quantitative estimate of drug-likeness (QED) is 0.723. The van der Waals surface area contributed by atoms with E-state index in [4.69, 9.17) is 5.11 Å². The molecule has 0 radical (unpaired) electrons. The molecule has 0 aliphatic carbocycles. The van der Waals surface area contributed by atoms with Gasteiger partial charge in [0.25, 0.3) is 0 Å². The maximum atomic E-state index is 10.9. The van der Waals surface area contributed by atoms with Gasteiger partial charge in [0.05, 0.1) is 0 Å². The summed E-state index contributed by atoms with van der Waals surface area (Å²) in [5.41, 5.74) is 1.35. The van der Waals surface area contributed by atoms with E-state index in [1.165, 1.54) is 6.07 Å². The van der Waals surface area contributed by atoms with Crippen LogP contribution in [0.25, 0.3) is 0 Å². The predicted molar refractivity (Wildman–Crippen MR) is 83.9 cm³/mol. The summed E-state index contributed by atoms with van der Waals surface area (Å²) in [7, 11) is 0. The number of nitrogens with zero attached hydrogens (tertiary/aromatic N) is 2. The number of rotatable bonds is 3. The van der Waals surface area contributed by atoms with E-state index in [0.717, 1.165) is 13.7 Å². The molecule has 0 unspecified atom stereocenters. The average Bonchev–Trinajstić information content (AvgIpc) is 2.33. The van der Waals surface area contributed by atoms with Crippen LogP contribution in [0.5, 0.6) is 0 Å². The molecule has 2 aromatic rings. The summed E-state index contributed by atoms with van der Waals surface area (Å²) in [6.45, 7) is 1.73. The molecule has 1 heterocycles. The van der Waals surface area contributed by atoms with Crippen LogP contribution >= 0.6 is 38.5 Å². The summed E-state index contributed by atoms with van der Waals surface area (Å²) in [4.78, 5) is 19.0. The van der Waals surface area contributed by atoms with Crippen molar-refractivity contribution in [3.63, 3.8) is 0 Å². The molecule has 1 aromatic heterocycles. The summed E-state index contributed by atoms with van der Waals surface area (Å²) in [5, 5.41) is 11.9. The number of anilines is 2. The Bertz CT molecular complexity index is 649. The van der Waals surface area contributed by atoms with Crippen molar-refractivity contribution in [3.05, 3.63) is 43.7 Å². The summed E-state index contributed by atoms with van der Waals surface area (Å²) < 4.78 is 2.03. The molecule has 5 nitrogen and oxygen atoms in total. The molecule has 0 bridgehead atoms. The maximum Gasteiger partial charge on any atom is 0.354 e. The van der Waals surface area contributed by atoms with E-state index in [9.17, 15) is 4.79 Å². The minimum atomic E-state index is -1.07. The summed E-state index contributed by atoms with van der Waals surface area (Å²) in [6.07, 6.45) is 0. The van der Waals surface area contributed by atoms with Crippen LogP contribution in [-0.4, -0.2) is 21.0 Å². The first-order valence-corrected chi connectivity index (χ1v) is 7.14. The first-order chi connectivity index (χ1) is 8.95. The van der Waals surface area contributed by atoms with Gasteiger partial charge in [-0.2, -0.15) is 0 Å². The standard InChI is InChI=1S/C12H9BrIN3O2/c1-6-4-10(11(18)19)17-12(15-6)16-7-2-3-9(14)8(13)5-7/h2-5H,1H3,(H,18,19)(H,15,16,17). The minimum Gasteiger partial charge on any atom is -0.477 e. The fourth-order valence-corrected chi connectivity index (χ4v) is 2.15. The van der Waals surface area contributed by atoms with Crippen molar-refractivity contribution in [1.82, 2.24) is 9.97 Å². The number of carboxylic acid groups (broad SMARTS) is 1. The maximum absolute atomic E-state index is 10.9. The Kier molecular flexibility index (Phi) is 4.35. The molecule has 0 amide bonds. The van der Waals surface area contributed by atoms with Crippen molar-refractivity contribution in [2.75, 3.05) is 5.32 Å². The Labute approximate surface area is 131 Å². The molecule has 2 N–H and O–H groups in total. The lowest BCUT2D eigenvalue weighted by molar-refractivity contribution is 0.0690. The van der Waals surface area contributed by atoms with Crippen LogP contribution in [0.3, 0.4) is 0 Å². The van der Waals surface area contributed by atoms with Gasteiger partial charge >= 0.3 is 5.97 Å². The normalized spacial score (nSPS) is 10.3. The van der Waals surface area contributed by atoms with Crippen molar-refractivity contribution in [2.24, 2.45) is 0 Å². The second-order valence-corrected chi connectivity index (χ2v) is 5.79. The molecule has 1 aromatic carbocycles. The number of hydrogen-bond acceptors (Lipinski definition) is 4. The van der Waals surface area contributed by atoms with Crippen molar-refractivity contribution in [1.29, 1.82) is 0 Å². The highest BCUT2D eigenvalue weighted by molar-refractivity contribution is 14.1. The first-order valence-electron chi connectivity index (χ1n) is 5.27. The molecular weight excluding hydrogens is 425 g/mol. The molecular formula is C12H9BrIN3O2. The highest BCUT2D eigenvalue weighted by Crippen LogP contribution is 2.24. The van der Waals surface area contributed by atoms with Crippen LogP contribution in [0.4, 0.5) is 11.6 Å². The topological polar surface area (TPSA) is 75.1 Å². The molecule has 0 saturated carbocycles. The van der Waals surface area contributed by atoms with Gasteiger partial charge in [0.2, 0.25) is 5.95 Å². The zero-order valence-electron chi connectivity index (χ0n) is 9.82. The molecule has 19 heavy (non-hydrogen) atoms. The van der Waals surface area contributed by atoms with Gasteiger partial charge in [-0.3, -0.25) is 0 Å². The minimum absolute atomic E-state index is 0.0282. The Balaban J connectivity index is 2.32. The number of hydrogen-bond donors (Lipinski definition) is 2. The molecule has 0 aliphatic rings. The van der Waals surface area contributed by atoms with Crippen molar-refractivity contribution >= 4 is 56.1 Å². The second kappa shape index (κ2) is 5.83. The molecule has 0 fully saturated rings. The number of halogens is 2. The number of aromatic carboxylic acids is 1. The monoisotopic (exact) mass is 433 g/mol. The van der Waals surface area contributed by atoms with Crippen LogP contribution in [0, 0.1) is 10.5 Å². The SMILES string of the molecule is Cc1cc(C(=O)O)nc(Nc2ccc(I)c(Br)c2)n1. The van der Waals surface area contributed by atoms with Crippen molar-refractivity contribution in [3.8, 4) is 0 Å². The summed E-state index contributed by atoms with van der Waals surface area (Å²) >= 11 is 5.64. The third-order valence-electron chi connectivity index (χ3n) is 2.25. The Morgan fingerprint density at radius 3 is 2.74 bits per heavy atom. The second-order valence-electron chi connectivity index (χ2n) is 3.78. The van der Waals surface area contributed by atoms with Crippen molar-refractivity contribution in [2.45, 2.75) is 6.92 Å². The lowest BCUT2D eigenvalue weighted by atomic mass is 10.3. The van der Waals surface area contributed by atoms with Gasteiger partial charge < -0.3 is 10.4 Å². The van der Waals surface area contributed by atoms with Gasteiger partial charge in [0, 0.05) is 19.4 Å². The first kappa shape index (κ1) is 14.2. The predicted octanol–water partition coefficient (Wildman–Crippen LogP) is 3.59. The third kappa shape index (κ3) is 3.63. The van der Waals surface area contributed by atoms with E-state index in [0.29, 0.717) is 5.69 Å². The van der Waals surface area contributed by atoms with Crippen molar-refractivity contribution < 1.29 is 9.90 Å². The van der Waals surface area contributed by atoms with Crippen LogP contribution in [0.1, 0.15) is 16.2 Å². The van der Waals surface area contributed by atoms with Crippen LogP contribution in [-0.2, 0) is 0 Å². The van der Waals surface area contributed by atoms with Crippen LogP contribution < -0.4 is 5.32 Å². The molecule has 7 heteroatoms. The molecule has 0 atom stereocenters. The van der Waals surface area contributed by atoms with Crippen LogP contribution in [0.2, 0.25) is 0 Å². The molecule has 0 aliphatic heterocycles. The van der Waals surface area contributed by atoms with Gasteiger partial charge in [0.15, 0.2) is 5.69 Å². The van der Waals surface area contributed by atoms with Gasteiger partial charge in [0.1, 0.15) is 0 Å². The van der Waals surface area contributed by atoms with E-state index >= 15 is 0 Å². The molecule has 0 saturated heterocycles.